The summed E-state index contributed by atoms with van der Waals surface area (Å²) in [5.41, 5.74) is 2.67. The summed E-state index contributed by atoms with van der Waals surface area (Å²) < 4.78 is 7.66. The molecule has 1 aliphatic rings. The third-order valence-electron chi connectivity index (χ3n) is 5.63. The molecule has 0 radical (unpaired) electrons. The fourth-order valence-corrected chi connectivity index (χ4v) is 6.10. The van der Waals surface area contributed by atoms with Crippen molar-refractivity contribution in [1.82, 2.24) is 14.8 Å². The fraction of sp³-hybridized carbons (Fsp3) is 0.391. The Morgan fingerprint density at radius 2 is 2.27 bits per heavy atom. The van der Waals surface area contributed by atoms with Crippen molar-refractivity contribution in [2.45, 2.75) is 44.9 Å². The van der Waals surface area contributed by atoms with Crippen LogP contribution in [0.1, 0.15) is 40.7 Å². The van der Waals surface area contributed by atoms with Gasteiger partial charge < -0.3 is 14.6 Å². The number of nitrogens with zero attached hydrogens (tertiary/aromatic N) is 4. The average Bonchev–Trinajstić information content (AvgIpc) is 3.30. The Hall–Kier alpha value is -2.54. The summed E-state index contributed by atoms with van der Waals surface area (Å²) in [6.07, 6.45) is 2.95. The van der Waals surface area contributed by atoms with Gasteiger partial charge in [0.1, 0.15) is 23.4 Å². The molecule has 3 aromatic rings. The van der Waals surface area contributed by atoms with Crippen molar-refractivity contribution in [1.29, 1.82) is 5.26 Å². The van der Waals surface area contributed by atoms with Crippen molar-refractivity contribution in [3.63, 3.8) is 0 Å². The molecule has 1 N–H and O–H groups in total. The number of anilines is 1. The van der Waals surface area contributed by atoms with Gasteiger partial charge in [-0.2, -0.15) is 5.26 Å². The normalized spacial score (nSPS) is 15.1. The Kier molecular flexibility index (Phi) is 7.27. The Morgan fingerprint density at radius 1 is 1.45 bits per heavy atom. The second kappa shape index (κ2) is 10.2. The van der Waals surface area contributed by atoms with Gasteiger partial charge in [0.25, 0.3) is 0 Å². The number of aryl methyl sites for hydroxylation is 1. The number of carbonyl (C=O) groups excluding carboxylic acids is 1. The highest BCUT2D eigenvalue weighted by Gasteiger charge is 2.24. The number of thioether (sulfide) groups is 1. The summed E-state index contributed by atoms with van der Waals surface area (Å²) in [6.45, 7) is 4.41. The Labute approximate surface area is 206 Å². The molecule has 1 amide bonds. The molecule has 1 aliphatic carbocycles. The first-order chi connectivity index (χ1) is 15.9. The first kappa shape index (κ1) is 23.6. The second-order valence-corrected chi connectivity index (χ2v) is 10.6. The van der Waals surface area contributed by atoms with Crippen LogP contribution >= 0.6 is 34.7 Å². The molecule has 4 rings (SSSR count). The molecule has 1 atom stereocenters. The zero-order valence-electron chi connectivity index (χ0n) is 18.6. The summed E-state index contributed by atoms with van der Waals surface area (Å²) in [7, 11) is 1.84. The number of nitriles is 1. The Balaban J connectivity index is 1.35. The number of benzene rings is 1. The molecule has 172 valence electrons. The molecule has 1 aromatic carbocycles. The molecule has 10 heteroatoms. The van der Waals surface area contributed by atoms with E-state index in [9.17, 15) is 10.1 Å². The number of ether oxygens (including phenoxy) is 1. The zero-order chi connectivity index (χ0) is 23.5. The van der Waals surface area contributed by atoms with Crippen LogP contribution in [0.15, 0.2) is 23.4 Å². The van der Waals surface area contributed by atoms with Crippen LogP contribution < -0.4 is 10.1 Å². The SMILES string of the molecule is Cc1cc(Cl)ccc1OCc1nnc(SCC(=O)Nc2sc3c(c2C#N)CCC(C)C3)n1C. The molecule has 0 bridgehead atoms. The van der Waals surface area contributed by atoms with E-state index in [-0.39, 0.29) is 18.3 Å². The van der Waals surface area contributed by atoms with Gasteiger partial charge >= 0.3 is 0 Å². The van der Waals surface area contributed by atoms with Crippen molar-refractivity contribution in [3.05, 3.63) is 50.6 Å². The van der Waals surface area contributed by atoms with Crippen molar-refractivity contribution in [2.24, 2.45) is 13.0 Å². The number of hydrogen-bond donors (Lipinski definition) is 1. The quantitative estimate of drug-likeness (QED) is 0.450. The third kappa shape index (κ3) is 5.35. The highest BCUT2D eigenvalue weighted by molar-refractivity contribution is 7.99. The molecule has 0 fully saturated rings. The van der Waals surface area contributed by atoms with Crippen molar-refractivity contribution < 1.29 is 9.53 Å². The van der Waals surface area contributed by atoms with Gasteiger partial charge in [-0.25, -0.2) is 0 Å². The highest BCUT2D eigenvalue weighted by atomic mass is 35.5. The number of nitrogens with one attached hydrogen (secondary N) is 1. The van der Waals surface area contributed by atoms with E-state index >= 15 is 0 Å². The third-order valence-corrected chi connectivity index (χ3v) is 8.05. The number of aromatic nitrogens is 3. The van der Waals surface area contributed by atoms with E-state index in [1.54, 1.807) is 6.07 Å². The number of rotatable bonds is 7. The van der Waals surface area contributed by atoms with Gasteiger partial charge in [0, 0.05) is 16.9 Å². The average molecular weight is 502 g/mol. The molecule has 1 unspecified atom stereocenters. The van der Waals surface area contributed by atoms with E-state index in [0.29, 0.717) is 32.5 Å². The minimum Gasteiger partial charge on any atom is -0.485 e. The molecule has 7 nitrogen and oxygen atoms in total. The largest absolute Gasteiger partial charge is 0.485 e. The van der Waals surface area contributed by atoms with Gasteiger partial charge in [-0.05, 0) is 61.4 Å². The van der Waals surface area contributed by atoms with Crippen molar-refractivity contribution in [2.75, 3.05) is 11.1 Å². The van der Waals surface area contributed by atoms with E-state index in [2.05, 4.69) is 28.5 Å². The predicted molar refractivity (Wildman–Crippen MR) is 131 cm³/mol. The summed E-state index contributed by atoms with van der Waals surface area (Å²) in [5.74, 6) is 2.00. The van der Waals surface area contributed by atoms with Crippen LogP contribution in [0.4, 0.5) is 5.00 Å². The maximum atomic E-state index is 12.6. The first-order valence-electron chi connectivity index (χ1n) is 10.6. The van der Waals surface area contributed by atoms with Crippen molar-refractivity contribution in [3.8, 4) is 11.8 Å². The summed E-state index contributed by atoms with van der Waals surface area (Å²) >= 11 is 8.82. The van der Waals surface area contributed by atoms with Crippen LogP contribution in [0.2, 0.25) is 5.02 Å². The van der Waals surface area contributed by atoms with E-state index in [1.165, 1.54) is 28.0 Å². The van der Waals surface area contributed by atoms with Crippen LogP contribution in [-0.2, 0) is 31.3 Å². The minimum atomic E-state index is -0.166. The lowest BCUT2D eigenvalue weighted by Gasteiger charge is -2.17. The molecule has 0 saturated heterocycles. The van der Waals surface area contributed by atoms with Crippen molar-refractivity contribution >= 4 is 45.6 Å². The summed E-state index contributed by atoms with van der Waals surface area (Å²) in [4.78, 5) is 13.8. The Bertz CT molecular complexity index is 1230. The second-order valence-electron chi connectivity index (χ2n) is 8.16. The van der Waals surface area contributed by atoms with Gasteiger partial charge in [0.15, 0.2) is 11.0 Å². The molecule has 0 aliphatic heterocycles. The zero-order valence-corrected chi connectivity index (χ0v) is 21.0. The highest BCUT2D eigenvalue weighted by Crippen LogP contribution is 2.39. The number of amides is 1. The number of thiophene rings is 1. The molecular formula is C23H24ClN5O2S2. The molecule has 0 spiro atoms. The summed E-state index contributed by atoms with van der Waals surface area (Å²) in [6, 6.07) is 7.74. The van der Waals surface area contributed by atoms with Gasteiger partial charge in [-0.3, -0.25) is 4.79 Å². The topological polar surface area (TPSA) is 92.8 Å². The van der Waals surface area contributed by atoms with E-state index in [0.717, 1.165) is 36.1 Å². The van der Waals surface area contributed by atoms with Crippen LogP contribution in [-0.4, -0.2) is 26.4 Å². The molecular weight excluding hydrogens is 478 g/mol. The first-order valence-corrected chi connectivity index (χ1v) is 12.8. The number of fused-ring (bicyclic) bond motifs is 1. The maximum absolute atomic E-state index is 12.6. The lowest BCUT2D eigenvalue weighted by molar-refractivity contribution is -0.113. The van der Waals surface area contributed by atoms with E-state index in [1.807, 2.05) is 30.7 Å². The monoisotopic (exact) mass is 501 g/mol. The van der Waals surface area contributed by atoms with Crippen LogP contribution in [0.3, 0.4) is 0 Å². The Morgan fingerprint density at radius 3 is 3.03 bits per heavy atom. The van der Waals surface area contributed by atoms with Crippen LogP contribution in [0, 0.1) is 24.2 Å². The number of carbonyl (C=O) groups is 1. The smallest absolute Gasteiger partial charge is 0.235 e. The van der Waals surface area contributed by atoms with Crippen LogP contribution in [0.5, 0.6) is 5.75 Å². The van der Waals surface area contributed by atoms with Gasteiger partial charge in [-0.15, -0.1) is 21.5 Å². The predicted octanol–water partition coefficient (Wildman–Crippen LogP) is 5.14. The van der Waals surface area contributed by atoms with E-state index < -0.39 is 0 Å². The minimum absolute atomic E-state index is 0.166. The molecule has 2 aromatic heterocycles. The molecule has 0 saturated carbocycles. The lowest BCUT2D eigenvalue weighted by Crippen LogP contribution is -2.14. The number of halogens is 1. The lowest BCUT2D eigenvalue weighted by atomic mass is 9.89. The van der Waals surface area contributed by atoms with Gasteiger partial charge in [0.2, 0.25) is 5.91 Å². The van der Waals surface area contributed by atoms with Crippen LogP contribution in [0.25, 0.3) is 0 Å². The maximum Gasteiger partial charge on any atom is 0.235 e. The standard InChI is InChI=1S/C23H24ClN5O2S2/c1-13-4-6-16-17(10-25)22(33-19(16)8-13)26-21(30)12-32-23-28-27-20(29(23)3)11-31-18-7-5-15(24)9-14(18)2/h5,7,9,13H,4,6,8,11-12H2,1-3H3,(H,26,30). The van der Waals surface area contributed by atoms with Gasteiger partial charge in [-0.1, -0.05) is 30.3 Å². The van der Waals surface area contributed by atoms with E-state index in [4.69, 9.17) is 16.3 Å². The molecule has 2 heterocycles. The summed E-state index contributed by atoms with van der Waals surface area (Å²) in [5, 5.41) is 22.9. The fourth-order valence-electron chi connectivity index (χ4n) is 3.76. The number of hydrogen-bond acceptors (Lipinski definition) is 7. The molecule has 33 heavy (non-hydrogen) atoms. The van der Waals surface area contributed by atoms with Gasteiger partial charge in [0.05, 0.1) is 11.3 Å².